The lowest BCUT2D eigenvalue weighted by Crippen LogP contribution is -2.25. The molecule has 0 bridgehead atoms. The van der Waals surface area contributed by atoms with Gasteiger partial charge in [0.05, 0.1) is 17.9 Å². The third kappa shape index (κ3) is 3.58. The minimum atomic E-state index is -0.382. The molecule has 0 aliphatic heterocycles. The lowest BCUT2D eigenvalue weighted by atomic mass is 10.1. The zero-order chi connectivity index (χ0) is 13.5. The number of nitrogens with zero attached hydrogens (tertiary/aromatic N) is 1. The van der Waals surface area contributed by atoms with Crippen LogP contribution in [-0.4, -0.2) is 25.5 Å². The fraction of sp³-hybridized carbons (Fsp3) is 0.429. The molecule has 4 nitrogen and oxygen atoms in total. The first-order chi connectivity index (χ1) is 8.57. The number of carbonyl (C=O) groups excluding carboxylic acids is 2. The fourth-order valence-corrected chi connectivity index (χ4v) is 1.50. The van der Waals surface area contributed by atoms with Gasteiger partial charge in [-0.15, -0.1) is 0 Å². The summed E-state index contributed by atoms with van der Waals surface area (Å²) in [6, 6.07) is 6.95. The number of esters is 1. The van der Waals surface area contributed by atoms with Crippen molar-refractivity contribution >= 4 is 17.6 Å². The molecule has 0 aromatic heterocycles. The van der Waals surface area contributed by atoms with Gasteiger partial charge in [-0.2, -0.15) is 0 Å². The number of benzene rings is 1. The average molecular weight is 249 g/mol. The second-order valence-electron chi connectivity index (χ2n) is 4.08. The van der Waals surface area contributed by atoms with E-state index >= 15 is 0 Å². The van der Waals surface area contributed by atoms with Gasteiger partial charge in [0.2, 0.25) is 5.91 Å². The van der Waals surface area contributed by atoms with Crippen molar-refractivity contribution in [1.29, 1.82) is 0 Å². The van der Waals surface area contributed by atoms with E-state index in [2.05, 4.69) is 0 Å². The third-order valence-corrected chi connectivity index (χ3v) is 2.69. The van der Waals surface area contributed by atoms with Gasteiger partial charge in [-0.1, -0.05) is 25.5 Å². The molecule has 0 N–H and O–H groups in total. The van der Waals surface area contributed by atoms with E-state index in [0.717, 1.165) is 12.8 Å². The van der Waals surface area contributed by atoms with Crippen molar-refractivity contribution in [3.8, 4) is 0 Å². The summed E-state index contributed by atoms with van der Waals surface area (Å²) in [7, 11) is 1.64. The molecule has 4 heteroatoms. The first-order valence-electron chi connectivity index (χ1n) is 6.08. The maximum atomic E-state index is 11.9. The number of rotatable bonds is 5. The molecule has 0 atom stereocenters. The Morgan fingerprint density at radius 3 is 2.56 bits per heavy atom. The minimum Gasteiger partial charge on any atom is -0.462 e. The Morgan fingerprint density at radius 2 is 1.94 bits per heavy atom. The zero-order valence-corrected chi connectivity index (χ0v) is 11.1. The SMILES string of the molecule is CCCCOC(=O)c1ccccc1N(C)C(C)=O. The van der Waals surface area contributed by atoms with Gasteiger partial charge < -0.3 is 9.64 Å². The largest absolute Gasteiger partial charge is 0.462 e. The van der Waals surface area contributed by atoms with Crippen molar-refractivity contribution in [1.82, 2.24) is 0 Å². The van der Waals surface area contributed by atoms with Crippen LogP contribution >= 0.6 is 0 Å². The van der Waals surface area contributed by atoms with Gasteiger partial charge >= 0.3 is 5.97 Å². The molecule has 0 aliphatic carbocycles. The highest BCUT2D eigenvalue weighted by Crippen LogP contribution is 2.20. The molecule has 0 heterocycles. The van der Waals surface area contributed by atoms with Gasteiger partial charge in [-0.25, -0.2) is 4.79 Å². The lowest BCUT2D eigenvalue weighted by molar-refractivity contribution is -0.116. The van der Waals surface area contributed by atoms with Gasteiger partial charge in [0, 0.05) is 14.0 Å². The van der Waals surface area contributed by atoms with Crippen molar-refractivity contribution in [2.75, 3.05) is 18.6 Å². The summed E-state index contributed by atoms with van der Waals surface area (Å²) < 4.78 is 5.16. The molecule has 0 radical (unpaired) electrons. The van der Waals surface area contributed by atoms with Crippen LogP contribution in [0.2, 0.25) is 0 Å². The van der Waals surface area contributed by atoms with Gasteiger partial charge in [0.15, 0.2) is 0 Å². The highest BCUT2D eigenvalue weighted by atomic mass is 16.5. The van der Waals surface area contributed by atoms with Crippen LogP contribution in [-0.2, 0) is 9.53 Å². The molecular weight excluding hydrogens is 230 g/mol. The Labute approximate surface area is 108 Å². The molecule has 0 spiro atoms. The molecule has 0 saturated carbocycles. The standard InChI is InChI=1S/C14H19NO3/c1-4-5-10-18-14(17)12-8-6-7-9-13(12)15(3)11(2)16/h6-9H,4-5,10H2,1-3H3. The van der Waals surface area contributed by atoms with Crippen LogP contribution in [0.5, 0.6) is 0 Å². The molecule has 98 valence electrons. The van der Waals surface area contributed by atoms with Crippen LogP contribution < -0.4 is 4.90 Å². The highest BCUT2D eigenvalue weighted by molar-refractivity contribution is 6.01. The molecule has 0 fully saturated rings. The Hall–Kier alpha value is -1.84. The predicted molar refractivity (Wildman–Crippen MR) is 70.7 cm³/mol. The average Bonchev–Trinajstić information content (AvgIpc) is 2.38. The van der Waals surface area contributed by atoms with E-state index in [4.69, 9.17) is 4.74 Å². The van der Waals surface area contributed by atoms with E-state index in [0.29, 0.717) is 17.9 Å². The summed E-state index contributed by atoms with van der Waals surface area (Å²) in [4.78, 5) is 24.7. The molecular formula is C14H19NO3. The lowest BCUT2D eigenvalue weighted by Gasteiger charge is -2.18. The molecule has 18 heavy (non-hydrogen) atoms. The predicted octanol–water partition coefficient (Wildman–Crippen LogP) is 2.63. The Kier molecular flexibility index (Phi) is 5.36. The van der Waals surface area contributed by atoms with Crippen LogP contribution in [0.25, 0.3) is 0 Å². The van der Waals surface area contributed by atoms with Crippen LogP contribution in [0.4, 0.5) is 5.69 Å². The smallest absolute Gasteiger partial charge is 0.340 e. The van der Waals surface area contributed by atoms with Crippen molar-refractivity contribution < 1.29 is 14.3 Å². The van der Waals surface area contributed by atoms with Gasteiger partial charge in [-0.05, 0) is 18.6 Å². The number of amides is 1. The molecule has 1 rings (SSSR count). The zero-order valence-electron chi connectivity index (χ0n) is 11.1. The second-order valence-corrected chi connectivity index (χ2v) is 4.08. The number of unbranched alkanes of at least 4 members (excludes halogenated alkanes) is 1. The van der Waals surface area contributed by atoms with Crippen molar-refractivity contribution in [2.45, 2.75) is 26.7 Å². The fourth-order valence-electron chi connectivity index (χ4n) is 1.50. The van der Waals surface area contributed by atoms with Gasteiger partial charge in [-0.3, -0.25) is 4.79 Å². The van der Waals surface area contributed by atoms with Crippen LogP contribution in [0.1, 0.15) is 37.0 Å². The second kappa shape index (κ2) is 6.79. The Balaban J connectivity index is 2.88. The van der Waals surface area contributed by atoms with Crippen LogP contribution in [0.3, 0.4) is 0 Å². The summed E-state index contributed by atoms with van der Waals surface area (Å²) in [5.74, 6) is -0.504. The quantitative estimate of drug-likeness (QED) is 0.595. The van der Waals surface area contributed by atoms with E-state index in [9.17, 15) is 9.59 Å². The monoisotopic (exact) mass is 249 g/mol. The number of hydrogen-bond acceptors (Lipinski definition) is 3. The Bertz CT molecular complexity index is 429. The first kappa shape index (κ1) is 14.2. The van der Waals surface area contributed by atoms with Gasteiger partial charge in [0.25, 0.3) is 0 Å². The van der Waals surface area contributed by atoms with Crippen LogP contribution in [0.15, 0.2) is 24.3 Å². The topological polar surface area (TPSA) is 46.6 Å². The maximum absolute atomic E-state index is 11.9. The van der Waals surface area contributed by atoms with E-state index < -0.39 is 0 Å². The van der Waals surface area contributed by atoms with E-state index in [1.165, 1.54) is 11.8 Å². The third-order valence-electron chi connectivity index (χ3n) is 2.69. The summed E-state index contributed by atoms with van der Waals surface area (Å²) in [6.45, 7) is 3.90. The molecule has 1 amide bonds. The van der Waals surface area contributed by atoms with E-state index in [1.54, 1.807) is 31.3 Å². The van der Waals surface area contributed by atoms with Crippen LogP contribution in [0, 0.1) is 0 Å². The molecule has 0 unspecified atom stereocenters. The van der Waals surface area contributed by atoms with Crippen molar-refractivity contribution in [2.24, 2.45) is 0 Å². The summed E-state index contributed by atoms with van der Waals surface area (Å²) >= 11 is 0. The van der Waals surface area contributed by atoms with Crippen molar-refractivity contribution in [3.05, 3.63) is 29.8 Å². The first-order valence-corrected chi connectivity index (χ1v) is 6.08. The molecule has 1 aromatic carbocycles. The van der Waals surface area contributed by atoms with Gasteiger partial charge in [0.1, 0.15) is 0 Å². The van der Waals surface area contributed by atoms with E-state index in [-0.39, 0.29) is 11.9 Å². The maximum Gasteiger partial charge on any atom is 0.340 e. The summed E-state index contributed by atoms with van der Waals surface area (Å²) in [5, 5.41) is 0. The number of hydrogen-bond donors (Lipinski definition) is 0. The number of para-hydroxylation sites is 1. The number of anilines is 1. The summed E-state index contributed by atoms with van der Waals surface area (Å²) in [6.07, 6.45) is 1.82. The molecule has 0 aliphatic rings. The molecule has 1 aromatic rings. The highest BCUT2D eigenvalue weighted by Gasteiger charge is 2.16. The molecule has 0 saturated heterocycles. The van der Waals surface area contributed by atoms with Crippen molar-refractivity contribution in [3.63, 3.8) is 0 Å². The van der Waals surface area contributed by atoms with E-state index in [1.807, 2.05) is 6.92 Å². The Morgan fingerprint density at radius 1 is 1.28 bits per heavy atom. The minimum absolute atomic E-state index is 0.121. The number of ether oxygens (including phenoxy) is 1. The number of carbonyl (C=O) groups is 2. The summed E-state index contributed by atoms with van der Waals surface area (Å²) in [5.41, 5.74) is 0.998. The normalized spacial score (nSPS) is 9.94.